The van der Waals surface area contributed by atoms with Gasteiger partial charge >= 0.3 is 5.97 Å². The number of carbonyl (C=O) groups is 3. The van der Waals surface area contributed by atoms with Crippen LogP contribution in [0.3, 0.4) is 0 Å². The first-order chi connectivity index (χ1) is 12.0. The SMILES string of the molecule is C[C@H](NC(=O)c1ccccc1)C(=O)OCC(=O)Nc1ccc(I)cc1. The number of nitrogens with one attached hydrogen (secondary N) is 2. The minimum absolute atomic E-state index is 0.381. The van der Waals surface area contributed by atoms with Crippen molar-refractivity contribution in [2.45, 2.75) is 13.0 Å². The van der Waals surface area contributed by atoms with Gasteiger partial charge in [0.2, 0.25) is 0 Å². The van der Waals surface area contributed by atoms with E-state index in [0.29, 0.717) is 11.3 Å². The molecule has 130 valence electrons. The van der Waals surface area contributed by atoms with Crippen LogP contribution in [0.5, 0.6) is 0 Å². The number of hydrogen-bond donors (Lipinski definition) is 2. The van der Waals surface area contributed by atoms with E-state index in [2.05, 4.69) is 33.2 Å². The molecule has 0 aliphatic heterocycles. The highest BCUT2D eigenvalue weighted by Crippen LogP contribution is 2.10. The van der Waals surface area contributed by atoms with Gasteiger partial charge in [0.1, 0.15) is 6.04 Å². The number of benzene rings is 2. The Balaban J connectivity index is 1.78. The van der Waals surface area contributed by atoms with Gasteiger partial charge in [0.05, 0.1) is 0 Å². The smallest absolute Gasteiger partial charge is 0.328 e. The standard InChI is InChI=1S/C18H17IN2O4/c1-12(20-17(23)13-5-3-2-4-6-13)18(24)25-11-16(22)21-15-9-7-14(19)8-10-15/h2-10,12H,11H2,1H3,(H,20,23)(H,21,22)/t12-/m0/s1. The van der Waals surface area contributed by atoms with E-state index in [1.165, 1.54) is 6.92 Å². The monoisotopic (exact) mass is 452 g/mol. The molecule has 25 heavy (non-hydrogen) atoms. The Labute approximate surface area is 159 Å². The van der Waals surface area contributed by atoms with Crippen LogP contribution >= 0.6 is 22.6 Å². The lowest BCUT2D eigenvalue weighted by Gasteiger charge is -2.13. The van der Waals surface area contributed by atoms with Crippen molar-refractivity contribution in [3.63, 3.8) is 0 Å². The third kappa shape index (κ3) is 6.18. The summed E-state index contributed by atoms with van der Waals surface area (Å²) in [6, 6.07) is 14.9. The van der Waals surface area contributed by atoms with Gasteiger partial charge in [-0.3, -0.25) is 9.59 Å². The maximum atomic E-state index is 12.0. The molecule has 0 radical (unpaired) electrons. The number of anilines is 1. The summed E-state index contributed by atoms with van der Waals surface area (Å²) in [5.74, 6) is -1.51. The van der Waals surface area contributed by atoms with E-state index in [1.807, 2.05) is 12.1 Å². The van der Waals surface area contributed by atoms with Crippen LogP contribution < -0.4 is 10.6 Å². The summed E-state index contributed by atoms with van der Waals surface area (Å²) in [7, 11) is 0. The normalized spacial score (nSPS) is 11.3. The first kappa shape index (κ1) is 18.9. The summed E-state index contributed by atoms with van der Waals surface area (Å²) in [6.07, 6.45) is 0. The van der Waals surface area contributed by atoms with Crippen molar-refractivity contribution in [2.24, 2.45) is 0 Å². The Morgan fingerprint density at radius 3 is 2.32 bits per heavy atom. The third-order valence-corrected chi connectivity index (χ3v) is 3.93. The molecule has 2 aromatic rings. The Hall–Kier alpha value is -2.42. The zero-order valence-corrected chi connectivity index (χ0v) is 15.6. The fraction of sp³-hybridized carbons (Fsp3) is 0.167. The fourth-order valence-corrected chi connectivity index (χ4v) is 2.28. The molecule has 0 aliphatic rings. The molecular weight excluding hydrogens is 435 g/mol. The molecule has 2 amide bonds. The summed E-state index contributed by atoms with van der Waals surface area (Å²) in [5.41, 5.74) is 1.06. The first-order valence-electron chi connectivity index (χ1n) is 7.53. The van der Waals surface area contributed by atoms with Crippen LogP contribution in [0.2, 0.25) is 0 Å². The van der Waals surface area contributed by atoms with E-state index in [9.17, 15) is 14.4 Å². The van der Waals surface area contributed by atoms with Crippen LogP contribution in [0.4, 0.5) is 5.69 Å². The largest absolute Gasteiger partial charge is 0.454 e. The van der Waals surface area contributed by atoms with Crippen molar-refractivity contribution in [1.29, 1.82) is 0 Å². The molecule has 6 nitrogen and oxygen atoms in total. The number of amides is 2. The Morgan fingerprint density at radius 2 is 1.68 bits per heavy atom. The molecule has 0 saturated heterocycles. The van der Waals surface area contributed by atoms with E-state index >= 15 is 0 Å². The Morgan fingerprint density at radius 1 is 1.04 bits per heavy atom. The molecular formula is C18H17IN2O4. The number of rotatable bonds is 6. The second kappa shape index (κ2) is 9.16. The van der Waals surface area contributed by atoms with Gasteiger partial charge in [-0.05, 0) is 65.9 Å². The average molecular weight is 452 g/mol. The highest BCUT2D eigenvalue weighted by atomic mass is 127. The van der Waals surface area contributed by atoms with E-state index in [0.717, 1.165) is 3.57 Å². The molecule has 2 rings (SSSR count). The number of halogens is 1. The van der Waals surface area contributed by atoms with Gasteiger partial charge in [0, 0.05) is 14.8 Å². The lowest BCUT2D eigenvalue weighted by molar-refractivity contribution is -0.148. The molecule has 0 bridgehead atoms. The zero-order chi connectivity index (χ0) is 18.2. The van der Waals surface area contributed by atoms with Gasteiger partial charge in [0.15, 0.2) is 6.61 Å². The van der Waals surface area contributed by atoms with Crippen LogP contribution in [0.25, 0.3) is 0 Å². The quantitative estimate of drug-likeness (QED) is 0.522. The number of esters is 1. The molecule has 0 aromatic heterocycles. The summed E-state index contributed by atoms with van der Waals surface area (Å²) in [6.45, 7) is 1.08. The van der Waals surface area contributed by atoms with Crippen molar-refractivity contribution in [3.8, 4) is 0 Å². The topological polar surface area (TPSA) is 84.5 Å². The maximum absolute atomic E-state index is 12.0. The Bertz CT molecular complexity index is 747. The molecule has 2 aromatic carbocycles. The average Bonchev–Trinajstić information content (AvgIpc) is 2.62. The van der Waals surface area contributed by atoms with E-state index in [4.69, 9.17) is 4.74 Å². The Kier molecular flexibility index (Phi) is 6.93. The lowest BCUT2D eigenvalue weighted by atomic mass is 10.2. The number of ether oxygens (including phenoxy) is 1. The first-order valence-corrected chi connectivity index (χ1v) is 8.61. The number of carbonyl (C=O) groups excluding carboxylic acids is 3. The highest BCUT2D eigenvalue weighted by molar-refractivity contribution is 14.1. The predicted octanol–water partition coefficient (Wildman–Crippen LogP) is 2.59. The molecule has 0 aliphatic carbocycles. The predicted molar refractivity (Wildman–Crippen MR) is 102 cm³/mol. The maximum Gasteiger partial charge on any atom is 0.328 e. The van der Waals surface area contributed by atoms with Crippen LogP contribution in [0.15, 0.2) is 54.6 Å². The van der Waals surface area contributed by atoms with E-state index < -0.39 is 24.5 Å². The highest BCUT2D eigenvalue weighted by Gasteiger charge is 2.19. The van der Waals surface area contributed by atoms with Crippen molar-refractivity contribution in [2.75, 3.05) is 11.9 Å². The molecule has 0 fully saturated rings. The minimum Gasteiger partial charge on any atom is -0.454 e. The molecule has 0 spiro atoms. The summed E-state index contributed by atoms with van der Waals surface area (Å²) in [4.78, 5) is 35.7. The van der Waals surface area contributed by atoms with Crippen molar-refractivity contribution < 1.29 is 19.1 Å². The summed E-state index contributed by atoms with van der Waals surface area (Å²) >= 11 is 2.16. The van der Waals surface area contributed by atoms with E-state index in [1.54, 1.807) is 42.5 Å². The second-order valence-electron chi connectivity index (χ2n) is 5.22. The van der Waals surface area contributed by atoms with Crippen LogP contribution in [-0.2, 0) is 14.3 Å². The van der Waals surface area contributed by atoms with Crippen LogP contribution in [0, 0.1) is 3.57 Å². The minimum atomic E-state index is -0.862. The number of hydrogen-bond acceptors (Lipinski definition) is 4. The van der Waals surface area contributed by atoms with Gasteiger partial charge in [-0.1, -0.05) is 18.2 Å². The molecule has 0 saturated carbocycles. The summed E-state index contributed by atoms with van der Waals surface area (Å²) in [5, 5.41) is 5.15. The zero-order valence-electron chi connectivity index (χ0n) is 13.5. The van der Waals surface area contributed by atoms with Gasteiger partial charge in [-0.25, -0.2) is 4.79 Å². The van der Waals surface area contributed by atoms with Gasteiger partial charge in [-0.2, -0.15) is 0 Å². The van der Waals surface area contributed by atoms with Crippen molar-refractivity contribution >= 4 is 46.1 Å². The van der Waals surface area contributed by atoms with Crippen LogP contribution in [-0.4, -0.2) is 30.4 Å². The second-order valence-corrected chi connectivity index (χ2v) is 6.47. The fourth-order valence-electron chi connectivity index (χ4n) is 1.92. The molecule has 2 N–H and O–H groups in total. The van der Waals surface area contributed by atoms with Crippen molar-refractivity contribution in [3.05, 3.63) is 63.7 Å². The third-order valence-electron chi connectivity index (χ3n) is 3.21. The van der Waals surface area contributed by atoms with Gasteiger partial charge in [-0.15, -0.1) is 0 Å². The van der Waals surface area contributed by atoms with Gasteiger partial charge < -0.3 is 15.4 Å². The van der Waals surface area contributed by atoms with E-state index in [-0.39, 0.29) is 5.91 Å². The molecule has 1 atom stereocenters. The van der Waals surface area contributed by atoms with Crippen molar-refractivity contribution in [1.82, 2.24) is 5.32 Å². The van der Waals surface area contributed by atoms with Crippen LogP contribution in [0.1, 0.15) is 17.3 Å². The molecule has 0 unspecified atom stereocenters. The molecule has 7 heteroatoms. The molecule has 0 heterocycles. The van der Waals surface area contributed by atoms with Gasteiger partial charge in [0.25, 0.3) is 11.8 Å². The lowest BCUT2D eigenvalue weighted by Crippen LogP contribution is -2.40. The summed E-state index contributed by atoms with van der Waals surface area (Å²) < 4.78 is 5.98.